The zero-order valence-corrected chi connectivity index (χ0v) is 10.7. The van der Waals surface area contributed by atoms with E-state index in [1.54, 1.807) is 0 Å². The van der Waals surface area contributed by atoms with Gasteiger partial charge in [0.05, 0.1) is 5.60 Å². The van der Waals surface area contributed by atoms with Crippen LogP contribution in [-0.2, 0) is 0 Å². The average Bonchev–Trinajstić information content (AvgIpc) is 2.18. The molecule has 1 rings (SSSR count). The Labute approximate surface area is 94.2 Å². The van der Waals surface area contributed by atoms with Gasteiger partial charge in [0.25, 0.3) is 0 Å². The van der Waals surface area contributed by atoms with Crippen molar-refractivity contribution < 1.29 is 5.11 Å². The monoisotopic (exact) mass is 213 g/mol. The molecule has 0 aliphatic heterocycles. The molecule has 0 aromatic rings. The Morgan fingerprint density at radius 1 is 1.33 bits per heavy atom. The van der Waals surface area contributed by atoms with E-state index in [2.05, 4.69) is 27.7 Å². The summed E-state index contributed by atoms with van der Waals surface area (Å²) in [6.07, 6.45) is 4.13. The lowest BCUT2D eigenvalue weighted by atomic mass is 9.64. The summed E-state index contributed by atoms with van der Waals surface area (Å²) in [6.45, 7) is 9.30. The number of rotatable bonds is 3. The molecule has 0 bridgehead atoms. The van der Waals surface area contributed by atoms with E-state index in [0.717, 1.165) is 37.5 Å². The minimum Gasteiger partial charge on any atom is -0.389 e. The fourth-order valence-electron chi connectivity index (χ4n) is 2.65. The van der Waals surface area contributed by atoms with Gasteiger partial charge in [-0.25, -0.2) is 0 Å². The van der Waals surface area contributed by atoms with E-state index in [9.17, 15) is 5.11 Å². The maximum atomic E-state index is 10.6. The summed E-state index contributed by atoms with van der Waals surface area (Å²) in [5, 5.41) is 10.6. The highest BCUT2D eigenvalue weighted by molar-refractivity contribution is 4.97. The van der Waals surface area contributed by atoms with Gasteiger partial charge in [-0.2, -0.15) is 0 Å². The van der Waals surface area contributed by atoms with Gasteiger partial charge in [0.1, 0.15) is 0 Å². The Morgan fingerprint density at radius 3 is 2.13 bits per heavy atom. The summed E-state index contributed by atoms with van der Waals surface area (Å²) in [5.74, 6) is 1.54. The highest BCUT2D eigenvalue weighted by Gasteiger charge is 2.44. The third kappa shape index (κ3) is 2.54. The van der Waals surface area contributed by atoms with Crippen molar-refractivity contribution >= 4 is 0 Å². The van der Waals surface area contributed by atoms with Gasteiger partial charge in [-0.05, 0) is 37.5 Å². The second-order valence-electron chi connectivity index (χ2n) is 6.20. The van der Waals surface area contributed by atoms with Crippen molar-refractivity contribution in [3.05, 3.63) is 0 Å². The summed E-state index contributed by atoms with van der Waals surface area (Å²) < 4.78 is 0. The van der Waals surface area contributed by atoms with Crippen molar-refractivity contribution in [2.45, 2.75) is 59.0 Å². The van der Waals surface area contributed by atoms with Crippen LogP contribution < -0.4 is 5.73 Å². The molecule has 3 N–H and O–H groups in total. The van der Waals surface area contributed by atoms with Crippen LogP contribution in [0.1, 0.15) is 53.4 Å². The maximum Gasteiger partial charge on any atom is 0.0710 e. The first-order valence-corrected chi connectivity index (χ1v) is 6.25. The Bertz CT molecular complexity index is 203. The summed E-state index contributed by atoms with van der Waals surface area (Å²) in [7, 11) is 0. The third-order valence-electron chi connectivity index (χ3n) is 4.57. The SMILES string of the molecule is CC(C)C1CCC(O)(C(C)(C)CN)CC1. The Morgan fingerprint density at radius 2 is 1.80 bits per heavy atom. The van der Waals surface area contributed by atoms with Crippen LogP contribution in [0.3, 0.4) is 0 Å². The first-order valence-electron chi connectivity index (χ1n) is 6.25. The third-order valence-corrected chi connectivity index (χ3v) is 4.57. The van der Waals surface area contributed by atoms with Crippen LogP contribution in [0.15, 0.2) is 0 Å². The smallest absolute Gasteiger partial charge is 0.0710 e. The van der Waals surface area contributed by atoms with Crippen molar-refractivity contribution in [3.8, 4) is 0 Å². The summed E-state index contributed by atoms with van der Waals surface area (Å²) in [4.78, 5) is 0. The second-order valence-corrected chi connectivity index (χ2v) is 6.20. The van der Waals surface area contributed by atoms with Crippen molar-refractivity contribution in [1.82, 2.24) is 0 Å². The molecule has 0 atom stereocenters. The van der Waals surface area contributed by atoms with Crippen molar-refractivity contribution in [2.75, 3.05) is 6.54 Å². The van der Waals surface area contributed by atoms with Gasteiger partial charge >= 0.3 is 0 Å². The topological polar surface area (TPSA) is 46.2 Å². The molecule has 2 nitrogen and oxygen atoms in total. The van der Waals surface area contributed by atoms with Gasteiger partial charge in [-0.3, -0.25) is 0 Å². The summed E-state index contributed by atoms with van der Waals surface area (Å²) in [6, 6.07) is 0. The zero-order valence-electron chi connectivity index (χ0n) is 10.7. The highest BCUT2D eigenvalue weighted by Crippen LogP contribution is 2.44. The quantitative estimate of drug-likeness (QED) is 0.757. The summed E-state index contributed by atoms with van der Waals surface area (Å²) in [5.41, 5.74) is 5.08. The average molecular weight is 213 g/mol. The van der Waals surface area contributed by atoms with Crippen LogP contribution in [0.25, 0.3) is 0 Å². The molecule has 0 spiro atoms. The Hall–Kier alpha value is -0.0800. The van der Waals surface area contributed by atoms with E-state index in [1.165, 1.54) is 0 Å². The molecule has 1 saturated carbocycles. The number of hydrogen-bond donors (Lipinski definition) is 2. The van der Waals surface area contributed by atoms with Gasteiger partial charge in [0.2, 0.25) is 0 Å². The lowest BCUT2D eigenvalue weighted by Gasteiger charge is -2.47. The lowest BCUT2D eigenvalue weighted by Crippen LogP contribution is -2.51. The normalized spacial score (nSPS) is 33.4. The summed E-state index contributed by atoms with van der Waals surface area (Å²) >= 11 is 0. The molecular weight excluding hydrogens is 186 g/mol. The minimum atomic E-state index is -0.535. The molecule has 90 valence electrons. The number of hydrogen-bond acceptors (Lipinski definition) is 2. The zero-order chi connectivity index (χ0) is 11.7. The van der Waals surface area contributed by atoms with E-state index in [0.29, 0.717) is 6.54 Å². The molecule has 0 unspecified atom stereocenters. The van der Waals surface area contributed by atoms with Crippen LogP contribution in [0.4, 0.5) is 0 Å². The molecule has 1 aliphatic carbocycles. The standard InChI is InChI=1S/C13H27NO/c1-10(2)11-5-7-13(15,8-6-11)12(3,4)9-14/h10-11,15H,5-9,14H2,1-4H3. The van der Waals surface area contributed by atoms with Crippen LogP contribution in [0.5, 0.6) is 0 Å². The molecule has 0 aromatic carbocycles. The van der Waals surface area contributed by atoms with Crippen molar-refractivity contribution in [3.63, 3.8) is 0 Å². The Kier molecular flexibility index (Phi) is 3.83. The second kappa shape index (κ2) is 4.42. The van der Waals surface area contributed by atoms with E-state index >= 15 is 0 Å². The van der Waals surface area contributed by atoms with Gasteiger partial charge in [-0.1, -0.05) is 27.7 Å². The molecule has 1 aliphatic rings. The predicted octanol–water partition coefficient (Wildman–Crippen LogP) is 2.55. The fourth-order valence-corrected chi connectivity index (χ4v) is 2.65. The van der Waals surface area contributed by atoms with Crippen molar-refractivity contribution in [2.24, 2.45) is 23.0 Å². The minimum absolute atomic E-state index is 0.144. The van der Waals surface area contributed by atoms with Crippen LogP contribution in [0.2, 0.25) is 0 Å². The van der Waals surface area contributed by atoms with Crippen molar-refractivity contribution in [1.29, 1.82) is 0 Å². The van der Waals surface area contributed by atoms with Gasteiger partial charge < -0.3 is 10.8 Å². The van der Waals surface area contributed by atoms with E-state index in [4.69, 9.17) is 5.73 Å². The molecule has 0 aromatic heterocycles. The molecule has 0 amide bonds. The molecule has 0 saturated heterocycles. The number of aliphatic hydroxyl groups is 1. The predicted molar refractivity (Wildman–Crippen MR) is 64.6 cm³/mol. The Balaban J connectivity index is 2.62. The molecule has 0 heterocycles. The van der Waals surface area contributed by atoms with Gasteiger partial charge in [0, 0.05) is 12.0 Å². The maximum absolute atomic E-state index is 10.6. The highest BCUT2D eigenvalue weighted by atomic mass is 16.3. The molecule has 1 fully saturated rings. The fraction of sp³-hybridized carbons (Fsp3) is 1.00. The van der Waals surface area contributed by atoms with Gasteiger partial charge in [0.15, 0.2) is 0 Å². The van der Waals surface area contributed by atoms with Gasteiger partial charge in [-0.15, -0.1) is 0 Å². The van der Waals surface area contributed by atoms with E-state index in [1.807, 2.05) is 0 Å². The van der Waals surface area contributed by atoms with Crippen LogP contribution in [-0.4, -0.2) is 17.3 Å². The molecule has 15 heavy (non-hydrogen) atoms. The lowest BCUT2D eigenvalue weighted by molar-refractivity contribution is -0.0999. The van der Waals surface area contributed by atoms with Crippen LogP contribution in [0, 0.1) is 17.3 Å². The largest absolute Gasteiger partial charge is 0.389 e. The first-order chi connectivity index (χ1) is 6.82. The first kappa shape index (κ1) is 13.0. The van der Waals surface area contributed by atoms with Crippen LogP contribution >= 0.6 is 0 Å². The molecular formula is C13H27NO. The van der Waals surface area contributed by atoms with E-state index < -0.39 is 5.60 Å². The number of nitrogens with two attached hydrogens (primary N) is 1. The molecule has 0 radical (unpaired) electrons. The van der Waals surface area contributed by atoms with E-state index in [-0.39, 0.29) is 5.41 Å². The molecule has 2 heteroatoms.